The highest BCUT2D eigenvalue weighted by Crippen LogP contribution is 2.56. The van der Waals surface area contributed by atoms with Crippen LogP contribution in [0.1, 0.15) is 0 Å². The Labute approximate surface area is 407 Å². The second-order valence-electron chi connectivity index (χ2n) is 16.0. The monoisotopic (exact) mass is 946 g/mol. The summed E-state index contributed by atoms with van der Waals surface area (Å²) in [5, 5.41) is 3.73. The average molecular weight is 947 g/mol. The SMILES string of the molecule is c1ccc(Sc2c(Sc3ccccc3)c(Sc3ccccc3)c3c4nc5nc(nc6[nH]c(nc7nc(nc([nH]4)c3c2Sc2ccccc2)-c2ccccc2-7)c2ccccc62)-c2ccccc2-5)cc1. The molecule has 11 aromatic rings. The summed E-state index contributed by atoms with van der Waals surface area (Å²) >= 11 is 7.01. The zero-order valence-electron chi connectivity index (χ0n) is 35.8. The molecule has 68 heavy (non-hydrogen) atoms. The van der Waals surface area contributed by atoms with E-state index in [1.54, 1.807) is 47.0 Å². The predicted octanol–water partition coefficient (Wildman–Crippen LogP) is 15.5. The van der Waals surface area contributed by atoms with Gasteiger partial charge in [0.1, 0.15) is 22.6 Å². The van der Waals surface area contributed by atoms with E-state index >= 15 is 0 Å². The van der Waals surface area contributed by atoms with Crippen molar-refractivity contribution in [2.75, 3.05) is 0 Å². The zero-order valence-corrected chi connectivity index (χ0v) is 39.1. The molecule has 0 aliphatic carbocycles. The Balaban J connectivity index is 1.25. The van der Waals surface area contributed by atoms with Crippen LogP contribution >= 0.6 is 47.0 Å². The summed E-state index contributed by atoms with van der Waals surface area (Å²) in [4.78, 5) is 48.3. The normalized spacial score (nSPS) is 11.8. The molecule has 0 saturated heterocycles. The van der Waals surface area contributed by atoms with Gasteiger partial charge in [-0.2, -0.15) is 0 Å². The lowest BCUT2D eigenvalue weighted by atomic mass is 10.1. The van der Waals surface area contributed by atoms with Crippen LogP contribution in [-0.4, -0.2) is 39.9 Å². The summed E-state index contributed by atoms with van der Waals surface area (Å²) in [5.41, 5.74) is 6.13. The molecule has 2 N–H and O–H groups in total. The molecule has 0 radical (unpaired) electrons. The van der Waals surface area contributed by atoms with E-state index in [0.29, 0.717) is 45.9 Å². The van der Waals surface area contributed by atoms with E-state index in [2.05, 4.69) is 168 Å². The van der Waals surface area contributed by atoms with Crippen molar-refractivity contribution in [1.82, 2.24) is 39.9 Å². The van der Waals surface area contributed by atoms with Gasteiger partial charge in [0.2, 0.25) is 0 Å². The Bertz CT molecular complexity index is 3670. The van der Waals surface area contributed by atoms with Crippen LogP contribution in [0, 0.1) is 0 Å². The maximum Gasteiger partial charge on any atom is 0.164 e. The van der Waals surface area contributed by atoms with Gasteiger partial charge < -0.3 is 9.97 Å². The van der Waals surface area contributed by atoms with Crippen molar-refractivity contribution in [1.29, 1.82) is 0 Å². The Morgan fingerprint density at radius 1 is 0.250 bits per heavy atom. The van der Waals surface area contributed by atoms with Gasteiger partial charge in [-0.3, -0.25) is 0 Å². The van der Waals surface area contributed by atoms with Crippen molar-refractivity contribution in [2.24, 2.45) is 0 Å². The summed E-state index contributed by atoms with van der Waals surface area (Å²) < 4.78 is 0. The van der Waals surface area contributed by atoms with Crippen LogP contribution < -0.4 is 0 Å². The number of fused-ring (bicyclic) bond motifs is 20. The molecule has 0 fully saturated rings. The standard InChI is InChI=1S/C56H34N8S4/c1-5-19-33(20-6-1)65-45-43-44(46(66-34-21-7-2-8-22-34)48(68-36-25-11-4-12-26-36)47(45)67-35-23-9-3-10-24-35)56-63-54-42-32-18-16-30-40(42)52(61-54)59-50-38-28-14-13-27-37(38)49(57-50)58-51-39-29-15-17-31-41(39)53(60-51)62-55(43)64-56/h1-32H,(H2,57,58,59,60,61,62,63,64). The van der Waals surface area contributed by atoms with Crippen molar-refractivity contribution < 1.29 is 0 Å². The van der Waals surface area contributed by atoms with Crippen LogP contribution in [-0.2, 0) is 0 Å². The number of rotatable bonds is 8. The molecule has 2 aliphatic heterocycles. The first-order valence-corrected chi connectivity index (χ1v) is 25.2. The minimum atomic E-state index is 0.550. The molecule has 0 spiro atoms. The molecule has 0 amide bonds. The number of nitrogens with zero attached hydrogens (tertiary/aromatic N) is 6. The Hall–Kier alpha value is -7.48. The van der Waals surface area contributed by atoms with Crippen molar-refractivity contribution in [3.63, 3.8) is 0 Å². The van der Waals surface area contributed by atoms with Gasteiger partial charge in [-0.15, -0.1) is 0 Å². The summed E-state index contributed by atoms with van der Waals surface area (Å²) in [6.45, 7) is 0. The molecule has 12 heteroatoms. The highest BCUT2D eigenvalue weighted by Gasteiger charge is 2.29. The molecule has 322 valence electrons. The van der Waals surface area contributed by atoms with E-state index in [4.69, 9.17) is 29.9 Å². The maximum atomic E-state index is 5.59. The number of H-pyrrole nitrogens is 2. The van der Waals surface area contributed by atoms with Crippen molar-refractivity contribution in [2.45, 2.75) is 39.2 Å². The predicted molar refractivity (Wildman–Crippen MR) is 278 cm³/mol. The number of hydrogen-bond acceptors (Lipinski definition) is 10. The molecule has 0 saturated carbocycles. The first kappa shape index (κ1) is 40.8. The van der Waals surface area contributed by atoms with E-state index in [1.807, 2.05) is 36.4 Å². The number of aromatic amines is 2. The molecule has 0 unspecified atom stereocenters. The zero-order chi connectivity index (χ0) is 45.0. The third-order valence-corrected chi connectivity index (χ3v) is 16.5. The lowest BCUT2D eigenvalue weighted by Gasteiger charge is -2.20. The topological polar surface area (TPSA) is 109 Å². The number of aromatic nitrogens is 8. The third-order valence-electron chi connectivity index (χ3n) is 11.7. The lowest BCUT2D eigenvalue weighted by molar-refractivity contribution is 1.07. The second kappa shape index (κ2) is 17.3. The molecule has 2 aliphatic rings. The minimum Gasteiger partial charge on any atom is -0.324 e. The van der Waals surface area contributed by atoms with Crippen molar-refractivity contribution >= 4 is 91.2 Å². The minimum absolute atomic E-state index is 0.550. The Morgan fingerprint density at radius 3 is 0.853 bits per heavy atom. The molecule has 13 rings (SSSR count). The van der Waals surface area contributed by atoms with Crippen LogP contribution in [0.4, 0.5) is 0 Å². The van der Waals surface area contributed by atoms with Gasteiger partial charge >= 0.3 is 0 Å². The van der Waals surface area contributed by atoms with Gasteiger partial charge in [0.05, 0.1) is 0 Å². The van der Waals surface area contributed by atoms with Crippen LogP contribution in [0.25, 0.3) is 89.7 Å². The molecular weight excluding hydrogens is 913 g/mol. The summed E-state index contributed by atoms with van der Waals surface area (Å²) in [5.74, 6) is 2.22. The molecule has 8 aromatic carbocycles. The largest absolute Gasteiger partial charge is 0.324 e. The van der Waals surface area contributed by atoms with Gasteiger partial charge in [-0.1, -0.05) is 193 Å². The van der Waals surface area contributed by atoms with Crippen LogP contribution in [0.15, 0.2) is 233 Å². The number of hydrogen-bond donors (Lipinski definition) is 2. The van der Waals surface area contributed by atoms with Crippen LogP contribution in [0.5, 0.6) is 0 Å². The lowest BCUT2D eigenvalue weighted by Crippen LogP contribution is -1.93. The molecule has 8 bridgehead atoms. The Kier molecular flexibility index (Phi) is 10.4. The molecule has 8 nitrogen and oxygen atoms in total. The van der Waals surface area contributed by atoms with E-state index < -0.39 is 0 Å². The summed E-state index contributed by atoms with van der Waals surface area (Å²) in [7, 11) is 0. The van der Waals surface area contributed by atoms with Crippen molar-refractivity contribution in [3.8, 4) is 45.6 Å². The fourth-order valence-corrected chi connectivity index (χ4v) is 13.4. The molecule has 5 heterocycles. The molecular formula is C56H34N8S4. The first-order valence-electron chi connectivity index (χ1n) is 21.9. The number of benzene rings is 8. The van der Waals surface area contributed by atoms with E-state index in [9.17, 15) is 0 Å². The molecule has 0 atom stereocenters. The van der Waals surface area contributed by atoms with E-state index in [1.165, 1.54) is 0 Å². The Morgan fingerprint density at radius 2 is 0.515 bits per heavy atom. The van der Waals surface area contributed by atoms with Gasteiger partial charge in [-0.05, 0) is 48.5 Å². The highest BCUT2D eigenvalue weighted by molar-refractivity contribution is 8.05. The third kappa shape index (κ3) is 7.42. The van der Waals surface area contributed by atoms with Crippen LogP contribution in [0.2, 0.25) is 0 Å². The summed E-state index contributed by atoms with van der Waals surface area (Å²) in [6, 6.07) is 66.9. The van der Waals surface area contributed by atoms with Gasteiger partial charge in [0.25, 0.3) is 0 Å². The van der Waals surface area contributed by atoms with Crippen molar-refractivity contribution in [3.05, 3.63) is 194 Å². The number of nitrogens with one attached hydrogen (secondary N) is 2. The maximum absolute atomic E-state index is 5.59. The van der Waals surface area contributed by atoms with E-state index in [0.717, 1.165) is 83.0 Å². The van der Waals surface area contributed by atoms with Gasteiger partial charge in [0.15, 0.2) is 23.3 Å². The highest BCUT2D eigenvalue weighted by atomic mass is 32.2. The summed E-state index contributed by atoms with van der Waals surface area (Å²) in [6.07, 6.45) is 0. The first-order chi connectivity index (χ1) is 33.7. The fraction of sp³-hybridized carbons (Fsp3) is 0. The van der Waals surface area contributed by atoms with E-state index in [-0.39, 0.29) is 0 Å². The molecule has 3 aromatic heterocycles. The second-order valence-corrected chi connectivity index (χ2v) is 20.3. The quantitative estimate of drug-likeness (QED) is 0.153. The smallest absolute Gasteiger partial charge is 0.164 e. The average Bonchev–Trinajstić information content (AvgIpc) is 4.13. The van der Waals surface area contributed by atoms with Gasteiger partial charge in [-0.25, -0.2) is 29.9 Å². The van der Waals surface area contributed by atoms with Crippen LogP contribution in [0.3, 0.4) is 0 Å². The van der Waals surface area contributed by atoms with Gasteiger partial charge in [0, 0.05) is 83.0 Å². The fourth-order valence-electron chi connectivity index (χ4n) is 8.59.